The average molecular weight is 379 g/mol. The van der Waals surface area contributed by atoms with Gasteiger partial charge in [-0.15, -0.1) is 0 Å². The maximum Gasteiger partial charge on any atom is 0.276 e. The lowest BCUT2D eigenvalue weighted by molar-refractivity contribution is 0.0736. The van der Waals surface area contributed by atoms with Crippen molar-refractivity contribution < 1.29 is 13.7 Å². The average Bonchev–Trinajstić information content (AvgIpc) is 3.20. The van der Waals surface area contributed by atoms with Crippen molar-refractivity contribution in [1.82, 2.24) is 10.1 Å². The van der Waals surface area contributed by atoms with Crippen molar-refractivity contribution in [2.45, 2.75) is 13.8 Å². The fraction of sp³-hybridized carbons (Fsp3) is 0.273. The van der Waals surface area contributed by atoms with E-state index in [0.717, 1.165) is 13.1 Å². The van der Waals surface area contributed by atoms with Crippen molar-refractivity contribution in [2.24, 2.45) is 0 Å². The molecule has 6 heteroatoms. The molecule has 1 aliphatic rings. The molecule has 1 amide bonds. The first kappa shape index (κ1) is 18.2. The first-order valence-electron chi connectivity index (χ1n) is 9.36. The quantitative estimate of drug-likeness (QED) is 0.689. The Morgan fingerprint density at radius 2 is 1.75 bits per heavy atom. The first-order chi connectivity index (χ1) is 13.5. The van der Waals surface area contributed by atoms with Gasteiger partial charge in [-0.2, -0.15) is 0 Å². The third-order valence-corrected chi connectivity index (χ3v) is 5.34. The van der Waals surface area contributed by atoms with Gasteiger partial charge >= 0.3 is 0 Å². The zero-order valence-electron chi connectivity index (χ0n) is 16.0. The fourth-order valence-electron chi connectivity index (χ4n) is 3.52. The number of nitrogens with zero attached hydrogens (tertiary/aromatic N) is 3. The summed E-state index contributed by atoms with van der Waals surface area (Å²) in [6.07, 6.45) is 0. The minimum atomic E-state index is -0.318. The molecule has 0 bridgehead atoms. The molecule has 1 fully saturated rings. The van der Waals surface area contributed by atoms with Crippen molar-refractivity contribution in [3.8, 4) is 11.3 Å². The van der Waals surface area contributed by atoms with E-state index in [1.54, 1.807) is 23.1 Å². The first-order valence-corrected chi connectivity index (χ1v) is 9.36. The highest BCUT2D eigenvalue weighted by Crippen LogP contribution is 2.25. The smallest absolute Gasteiger partial charge is 0.276 e. The number of anilines is 1. The molecule has 0 radical (unpaired) electrons. The number of carbonyl (C=O) groups is 1. The van der Waals surface area contributed by atoms with Crippen LogP contribution in [-0.2, 0) is 0 Å². The van der Waals surface area contributed by atoms with Gasteiger partial charge in [0.2, 0.25) is 0 Å². The molecule has 2 aromatic carbocycles. The van der Waals surface area contributed by atoms with Crippen LogP contribution >= 0.6 is 0 Å². The van der Waals surface area contributed by atoms with Gasteiger partial charge in [-0.3, -0.25) is 4.79 Å². The van der Waals surface area contributed by atoms with Crippen LogP contribution in [0.5, 0.6) is 0 Å². The SMILES string of the molecule is Cc1cccc(N2CCN(C(=O)c3cc(-c4ccc(F)cc4)on3)CC2)c1C. The van der Waals surface area contributed by atoms with Gasteiger partial charge in [0.15, 0.2) is 11.5 Å². The maximum absolute atomic E-state index is 13.1. The van der Waals surface area contributed by atoms with Crippen molar-refractivity contribution in [3.05, 3.63) is 71.2 Å². The number of aromatic nitrogens is 1. The summed E-state index contributed by atoms with van der Waals surface area (Å²) in [6, 6.07) is 13.8. The van der Waals surface area contributed by atoms with E-state index in [0.29, 0.717) is 24.4 Å². The number of amides is 1. The van der Waals surface area contributed by atoms with Gasteiger partial charge in [0.05, 0.1) is 0 Å². The van der Waals surface area contributed by atoms with Crippen LogP contribution in [0.3, 0.4) is 0 Å². The Morgan fingerprint density at radius 1 is 1.04 bits per heavy atom. The predicted molar refractivity (Wildman–Crippen MR) is 106 cm³/mol. The van der Waals surface area contributed by atoms with Gasteiger partial charge in [0.1, 0.15) is 5.82 Å². The largest absolute Gasteiger partial charge is 0.368 e. The highest BCUT2D eigenvalue weighted by molar-refractivity contribution is 5.93. The van der Waals surface area contributed by atoms with E-state index in [1.807, 2.05) is 0 Å². The molecule has 0 aliphatic carbocycles. The molecule has 4 rings (SSSR count). The molecular formula is C22H22FN3O2. The maximum atomic E-state index is 13.1. The summed E-state index contributed by atoms with van der Waals surface area (Å²) < 4.78 is 18.4. The van der Waals surface area contributed by atoms with Crippen LogP contribution in [0.2, 0.25) is 0 Å². The molecular weight excluding hydrogens is 357 g/mol. The lowest BCUT2D eigenvalue weighted by atomic mass is 10.1. The Bertz CT molecular complexity index is 989. The fourth-order valence-corrected chi connectivity index (χ4v) is 3.52. The summed E-state index contributed by atoms with van der Waals surface area (Å²) in [5.41, 5.74) is 4.74. The molecule has 0 atom stereocenters. The summed E-state index contributed by atoms with van der Waals surface area (Å²) >= 11 is 0. The molecule has 144 valence electrons. The monoisotopic (exact) mass is 379 g/mol. The van der Waals surface area contributed by atoms with E-state index in [1.165, 1.54) is 28.9 Å². The number of rotatable bonds is 3. The Hall–Kier alpha value is -3.15. The zero-order chi connectivity index (χ0) is 19.7. The van der Waals surface area contributed by atoms with Crippen LogP contribution in [0, 0.1) is 19.7 Å². The number of halogens is 1. The molecule has 0 unspecified atom stereocenters. The standard InChI is InChI=1S/C22H22FN3O2/c1-15-4-3-5-20(16(15)2)25-10-12-26(13-11-25)22(27)19-14-21(28-24-19)17-6-8-18(23)9-7-17/h3-9,14H,10-13H2,1-2H3. The summed E-state index contributed by atoms with van der Waals surface area (Å²) in [5.74, 6) is -0.00335. The van der Waals surface area contributed by atoms with Crippen LogP contribution < -0.4 is 4.90 Å². The third kappa shape index (κ3) is 3.50. The van der Waals surface area contributed by atoms with E-state index in [9.17, 15) is 9.18 Å². The van der Waals surface area contributed by atoms with Gasteiger partial charge in [0.25, 0.3) is 5.91 Å². The Kier molecular flexibility index (Phi) is 4.86. The number of benzene rings is 2. The normalized spacial score (nSPS) is 14.4. The molecule has 1 aliphatic heterocycles. The lowest BCUT2D eigenvalue weighted by Gasteiger charge is -2.36. The third-order valence-electron chi connectivity index (χ3n) is 5.34. The van der Waals surface area contributed by atoms with Crippen LogP contribution in [0.4, 0.5) is 10.1 Å². The highest BCUT2D eigenvalue weighted by Gasteiger charge is 2.25. The van der Waals surface area contributed by atoms with E-state index in [-0.39, 0.29) is 17.4 Å². The van der Waals surface area contributed by atoms with Crippen molar-refractivity contribution >= 4 is 11.6 Å². The molecule has 0 saturated carbocycles. The van der Waals surface area contributed by atoms with E-state index in [2.05, 4.69) is 42.1 Å². The van der Waals surface area contributed by atoms with E-state index < -0.39 is 0 Å². The second kappa shape index (κ2) is 7.46. The highest BCUT2D eigenvalue weighted by atomic mass is 19.1. The topological polar surface area (TPSA) is 49.6 Å². The predicted octanol–water partition coefficient (Wildman–Crippen LogP) is 4.06. The van der Waals surface area contributed by atoms with E-state index >= 15 is 0 Å². The Labute approximate surface area is 163 Å². The number of aryl methyl sites for hydroxylation is 1. The summed E-state index contributed by atoms with van der Waals surface area (Å²) in [5, 5.41) is 3.92. The molecule has 0 N–H and O–H groups in total. The van der Waals surface area contributed by atoms with Gasteiger partial charge < -0.3 is 14.3 Å². The Balaban J connectivity index is 1.43. The molecule has 28 heavy (non-hydrogen) atoms. The minimum Gasteiger partial charge on any atom is -0.368 e. The Morgan fingerprint density at radius 3 is 2.46 bits per heavy atom. The number of piperazine rings is 1. The van der Waals surface area contributed by atoms with Crippen LogP contribution in [-0.4, -0.2) is 42.1 Å². The van der Waals surface area contributed by atoms with Gasteiger partial charge in [-0.1, -0.05) is 17.3 Å². The van der Waals surface area contributed by atoms with Crippen molar-refractivity contribution in [3.63, 3.8) is 0 Å². The minimum absolute atomic E-state index is 0.141. The molecule has 5 nitrogen and oxygen atoms in total. The van der Waals surface area contributed by atoms with Crippen LogP contribution in [0.15, 0.2) is 53.1 Å². The summed E-state index contributed by atoms with van der Waals surface area (Å²) in [6.45, 7) is 7.06. The number of hydrogen-bond donors (Lipinski definition) is 0. The number of carbonyl (C=O) groups excluding carboxylic acids is 1. The zero-order valence-corrected chi connectivity index (χ0v) is 16.0. The van der Waals surface area contributed by atoms with Crippen LogP contribution in [0.1, 0.15) is 21.6 Å². The van der Waals surface area contributed by atoms with Crippen LogP contribution in [0.25, 0.3) is 11.3 Å². The molecule has 0 spiro atoms. The van der Waals surface area contributed by atoms with Gasteiger partial charge in [-0.25, -0.2) is 4.39 Å². The lowest BCUT2D eigenvalue weighted by Crippen LogP contribution is -2.49. The van der Waals surface area contributed by atoms with E-state index in [4.69, 9.17) is 4.52 Å². The second-order valence-corrected chi connectivity index (χ2v) is 7.08. The summed E-state index contributed by atoms with van der Waals surface area (Å²) in [7, 11) is 0. The molecule has 3 aromatic rings. The van der Waals surface area contributed by atoms with Gasteiger partial charge in [0, 0.05) is 43.5 Å². The molecule has 2 heterocycles. The summed E-state index contributed by atoms with van der Waals surface area (Å²) in [4.78, 5) is 16.9. The molecule has 1 saturated heterocycles. The van der Waals surface area contributed by atoms with Gasteiger partial charge in [-0.05, 0) is 55.3 Å². The van der Waals surface area contributed by atoms with Crippen molar-refractivity contribution in [1.29, 1.82) is 0 Å². The second-order valence-electron chi connectivity index (χ2n) is 7.08. The number of hydrogen-bond acceptors (Lipinski definition) is 4. The van der Waals surface area contributed by atoms with Crippen molar-refractivity contribution in [2.75, 3.05) is 31.1 Å². The molecule has 1 aromatic heterocycles.